The first-order valence-electron chi connectivity index (χ1n) is 6.58. The number of nitrogens with one attached hydrogen (secondary N) is 1. The monoisotopic (exact) mass is 248 g/mol. The second kappa shape index (κ2) is 4.69. The van der Waals surface area contributed by atoms with Gasteiger partial charge in [0.1, 0.15) is 5.82 Å². The van der Waals surface area contributed by atoms with Gasteiger partial charge in [-0.2, -0.15) is 0 Å². The van der Waals surface area contributed by atoms with Crippen LogP contribution in [-0.4, -0.2) is 24.5 Å². The molecule has 0 aromatic heterocycles. The Kier molecular flexibility index (Phi) is 3.04. The summed E-state index contributed by atoms with van der Waals surface area (Å²) >= 11 is 0. The molecule has 0 bridgehead atoms. The van der Waals surface area contributed by atoms with Gasteiger partial charge in [-0.3, -0.25) is 4.79 Å². The second-order valence-corrected chi connectivity index (χ2v) is 5.06. The van der Waals surface area contributed by atoms with Crippen LogP contribution in [-0.2, 0) is 4.79 Å². The predicted molar refractivity (Wildman–Crippen MR) is 67.9 cm³/mol. The Morgan fingerprint density at radius 3 is 2.50 bits per heavy atom. The van der Waals surface area contributed by atoms with Crippen LogP contribution in [0.2, 0.25) is 0 Å². The molecule has 2 aliphatic rings. The lowest BCUT2D eigenvalue weighted by Crippen LogP contribution is -2.45. The maximum atomic E-state index is 13.0. The van der Waals surface area contributed by atoms with Gasteiger partial charge in [0, 0.05) is 11.7 Å². The molecule has 1 aliphatic carbocycles. The van der Waals surface area contributed by atoms with E-state index in [1.54, 1.807) is 12.1 Å². The minimum absolute atomic E-state index is 0.0596. The van der Waals surface area contributed by atoms with Crippen LogP contribution in [0.1, 0.15) is 25.7 Å². The fourth-order valence-electron chi connectivity index (χ4n) is 2.52. The van der Waals surface area contributed by atoms with Crippen molar-refractivity contribution < 1.29 is 9.18 Å². The van der Waals surface area contributed by atoms with Gasteiger partial charge in [-0.05, 0) is 56.5 Å². The van der Waals surface area contributed by atoms with Crippen LogP contribution in [0.5, 0.6) is 0 Å². The third kappa shape index (κ3) is 2.25. The number of hydrogen-bond donors (Lipinski definition) is 1. The van der Waals surface area contributed by atoms with Crippen LogP contribution in [0.4, 0.5) is 10.1 Å². The standard InChI is InChI=1S/C14H17FN2O/c15-10-3-5-11(6-4-10)17(12-7-8-12)14(18)13-2-1-9-16-13/h3-6,12-13,16H,1-2,7-9H2/t13-/m0/s1. The largest absolute Gasteiger partial charge is 0.308 e. The molecule has 0 unspecified atom stereocenters. The summed E-state index contributed by atoms with van der Waals surface area (Å²) in [5, 5.41) is 3.24. The summed E-state index contributed by atoms with van der Waals surface area (Å²) in [4.78, 5) is 14.3. The molecule has 1 amide bonds. The maximum Gasteiger partial charge on any atom is 0.244 e. The summed E-state index contributed by atoms with van der Waals surface area (Å²) in [5.41, 5.74) is 0.817. The van der Waals surface area contributed by atoms with Crippen molar-refractivity contribution in [2.45, 2.75) is 37.8 Å². The lowest BCUT2D eigenvalue weighted by molar-refractivity contribution is -0.120. The molecular weight excluding hydrogens is 231 g/mol. The number of anilines is 1. The third-order valence-electron chi connectivity index (χ3n) is 3.61. The van der Waals surface area contributed by atoms with E-state index >= 15 is 0 Å². The van der Waals surface area contributed by atoms with E-state index in [2.05, 4.69) is 5.32 Å². The molecule has 3 rings (SSSR count). The molecule has 1 aromatic carbocycles. The van der Waals surface area contributed by atoms with Crippen LogP contribution >= 0.6 is 0 Å². The van der Waals surface area contributed by atoms with Gasteiger partial charge < -0.3 is 10.2 Å². The number of carbonyl (C=O) groups excluding carboxylic acids is 1. The fraction of sp³-hybridized carbons (Fsp3) is 0.500. The zero-order valence-corrected chi connectivity index (χ0v) is 10.2. The van der Waals surface area contributed by atoms with Crippen molar-refractivity contribution in [2.75, 3.05) is 11.4 Å². The van der Waals surface area contributed by atoms with Gasteiger partial charge in [-0.1, -0.05) is 0 Å². The number of rotatable bonds is 3. The van der Waals surface area contributed by atoms with Crippen molar-refractivity contribution in [3.8, 4) is 0 Å². The third-order valence-corrected chi connectivity index (χ3v) is 3.61. The number of amides is 1. The first-order chi connectivity index (χ1) is 8.75. The highest BCUT2D eigenvalue weighted by atomic mass is 19.1. The lowest BCUT2D eigenvalue weighted by atomic mass is 10.1. The average molecular weight is 248 g/mol. The van der Waals surface area contributed by atoms with Crippen LogP contribution in [0.25, 0.3) is 0 Å². The lowest BCUT2D eigenvalue weighted by Gasteiger charge is -2.25. The van der Waals surface area contributed by atoms with E-state index in [0.717, 1.165) is 37.9 Å². The Morgan fingerprint density at radius 2 is 1.94 bits per heavy atom. The zero-order valence-electron chi connectivity index (χ0n) is 10.2. The van der Waals surface area contributed by atoms with Gasteiger partial charge in [0.15, 0.2) is 0 Å². The highest BCUT2D eigenvalue weighted by molar-refractivity contribution is 5.98. The van der Waals surface area contributed by atoms with Crippen LogP contribution in [0, 0.1) is 5.82 Å². The van der Waals surface area contributed by atoms with Gasteiger partial charge in [-0.15, -0.1) is 0 Å². The molecule has 4 heteroatoms. The number of nitrogens with zero attached hydrogens (tertiary/aromatic N) is 1. The average Bonchev–Trinajstić information content (AvgIpc) is 3.05. The first-order valence-corrected chi connectivity index (χ1v) is 6.58. The van der Waals surface area contributed by atoms with Gasteiger partial charge in [0.25, 0.3) is 0 Å². The number of halogens is 1. The summed E-state index contributed by atoms with van der Waals surface area (Å²) in [7, 11) is 0. The molecule has 1 N–H and O–H groups in total. The first kappa shape index (κ1) is 11.7. The van der Waals surface area contributed by atoms with Crippen molar-refractivity contribution in [3.63, 3.8) is 0 Å². The van der Waals surface area contributed by atoms with Gasteiger partial charge in [0.05, 0.1) is 6.04 Å². The smallest absolute Gasteiger partial charge is 0.244 e. The molecule has 1 aliphatic heterocycles. The molecule has 18 heavy (non-hydrogen) atoms. The maximum absolute atomic E-state index is 13.0. The normalized spacial score (nSPS) is 23.1. The highest BCUT2D eigenvalue weighted by Gasteiger charge is 2.37. The SMILES string of the molecule is O=C([C@@H]1CCCN1)N(c1ccc(F)cc1)C1CC1. The van der Waals surface area contributed by atoms with E-state index in [1.807, 2.05) is 4.90 Å². The summed E-state index contributed by atoms with van der Waals surface area (Å²) in [6, 6.07) is 6.47. The summed E-state index contributed by atoms with van der Waals surface area (Å²) in [6.45, 7) is 0.915. The minimum atomic E-state index is -0.263. The van der Waals surface area contributed by atoms with E-state index in [4.69, 9.17) is 0 Å². The van der Waals surface area contributed by atoms with E-state index < -0.39 is 0 Å². The van der Waals surface area contributed by atoms with Crippen LogP contribution < -0.4 is 10.2 Å². The quantitative estimate of drug-likeness (QED) is 0.888. The number of benzene rings is 1. The summed E-state index contributed by atoms with van der Waals surface area (Å²) in [6.07, 6.45) is 4.06. The van der Waals surface area contributed by atoms with Gasteiger partial charge in [-0.25, -0.2) is 4.39 Å². The van der Waals surface area contributed by atoms with Crippen molar-refractivity contribution in [3.05, 3.63) is 30.1 Å². The molecule has 0 radical (unpaired) electrons. The molecule has 3 nitrogen and oxygen atoms in total. The molecule has 1 heterocycles. The molecular formula is C14H17FN2O. The highest BCUT2D eigenvalue weighted by Crippen LogP contribution is 2.33. The molecule has 1 saturated carbocycles. The van der Waals surface area contributed by atoms with Gasteiger partial charge >= 0.3 is 0 Å². The summed E-state index contributed by atoms with van der Waals surface area (Å²) < 4.78 is 13.0. The summed E-state index contributed by atoms with van der Waals surface area (Å²) in [5.74, 6) is -0.123. The van der Waals surface area contributed by atoms with E-state index in [9.17, 15) is 9.18 Å². The zero-order chi connectivity index (χ0) is 12.5. The molecule has 2 fully saturated rings. The number of hydrogen-bond acceptors (Lipinski definition) is 2. The van der Waals surface area contributed by atoms with Crippen LogP contribution in [0.3, 0.4) is 0 Å². The van der Waals surface area contributed by atoms with E-state index in [-0.39, 0.29) is 17.8 Å². The fourth-order valence-corrected chi connectivity index (χ4v) is 2.52. The van der Waals surface area contributed by atoms with E-state index in [1.165, 1.54) is 12.1 Å². The molecule has 0 spiro atoms. The molecule has 1 saturated heterocycles. The molecule has 1 atom stereocenters. The van der Waals surface area contributed by atoms with Crippen molar-refractivity contribution in [1.82, 2.24) is 5.32 Å². The Labute approximate surface area is 106 Å². The topological polar surface area (TPSA) is 32.3 Å². The molecule has 96 valence electrons. The number of carbonyl (C=O) groups is 1. The Morgan fingerprint density at radius 1 is 1.22 bits per heavy atom. The predicted octanol–water partition coefficient (Wildman–Crippen LogP) is 2.07. The van der Waals surface area contributed by atoms with Gasteiger partial charge in [0.2, 0.25) is 5.91 Å². The Balaban J connectivity index is 1.83. The van der Waals surface area contributed by atoms with Crippen LogP contribution in [0.15, 0.2) is 24.3 Å². The second-order valence-electron chi connectivity index (χ2n) is 5.06. The Bertz CT molecular complexity index is 436. The van der Waals surface area contributed by atoms with E-state index in [0.29, 0.717) is 6.04 Å². The van der Waals surface area contributed by atoms with Crippen molar-refractivity contribution in [1.29, 1.82) is 0 Å². The Hall–Kier alpha value is -1.42. The van der Waals surface area contributed by atoms with Crippen molar-refractivity contribution in [2.24, 2.45) is 0 Å². The minimum Gasteiger partial charge on any atom is -0.308 e. The molecule has 1 aromatic rings. The van der Waals surface area contributed by atoms with Crippen molar-refractivity contribution >= 4 is 11.6 Å².